The summed E-state index contributed by atoms with van der Waals surface area (Å²) >= 11 is 0. The number of aliphatic carboxylic acids is 1. The lowest BCUT2D eigenvalue weighted by Crippen LogP contribution is -2.42. The standard InChI is InChI=1S/C15H28N2O4/c1-15(2,3)12-5-4-8-17(9-6-12)14(20)16-7-10-21-11-13(18)19/h12H,4-11H2,1-3H3,(H,16,20)(H,18,19). The highest BCUT2D eigenvalue weighted by molar-refractivity contribution is 5.74. The Hall–Kier alpha value is -1.30. The Bertz CT molecular complexity index is 352. The summed E-state index contributed by atoms with van der Waals surface area (Å²) in [6, 6.07) is -0.0801. The molecule has 1 rings (SSSR count). The van der Waals surface area contributed by atoms with E-state index in [9.17, 15) is 9.59 Å². The van der Waals surface area contributed by atoms with E-state index >= 15 is 0 Å². The predicted octanol–water partition coefficient (Wildman–Crippen LogP) is 1.95. The van der Waals surface area contributed by atoms with Gasteiger partial charge in [0.2, 0.25) is 0 Å². The van der Waals surface area contributed by atoms with Gasteiger partial charge in [-0.2, -0.15) is 0 Å². The lowest BCUT2D eigenvalue weighted by atomic mass is 9.77. The Morgan fingerprint density at radius 2 is 2.00 bits per heavy atom. The van der Waals surface area contributed by atoms with E-state index in [2.05, 4.69) is 26.1 Å². The fraction of sp³-hybridized carbons (Fsp3) is 0.867. The van der Waals surface area contributed by atoms with Crippen molar-refractivity contribution >= 4 is 12.0 Å². The molecule has 0 aliphatic carbocycles. The summed E-state index contributed by atoms with van der Waals surface area (Å²) in [5, 5.41) is 11.2. The molecular formula is C15H28N2O4. The highest BCUT2D eigenvalue weighted by atomic mass is 16.5. The van der Waals surface area contributed by atoms with Gasteiger partial charge in [0.15, 0.2) is 0 Å². The number of carbonyl (C=O) groups is 2. The van der Waals surface area contributed by atoms with E-state index in [-0.39, 0.29) is 24.7 Å². The monoisotopic (exact) mass is 300 g/mol. The number of hydrogen-bond acceptors (Lipinski definition) is 3. The number of ether oxygens (including phenoxy) is 1. The van der Waals surface area contributed by atoms with Gasteiger partial charge in [-0.25, -0.2) is 9.59 Å². The van der Waals surface area contributed by atoms with E-state index in [0.717, 1.165) is 32.4 Å². The highest BCUT2D eigenvalue weighted by Gasteiger charge is 2.28. The Balaban J connectivity index is 2.27. The zero-order valence-electron chi connectivity index (χ0n) is 13.4. The molecule has 2 N–H and O–H groups in total. The van der Waals surface area contributed by atoms with E-state index in [1.165, 1.54) is 0 Å². The molecule has 6 nitrogen and oxygen atoms in total. The second-order valence-corrected chi connectivity index (χ2v) is 6.66. The number of nitrogens with one attached hydrogen (secondary N) is 1. The van der Waals surface area contributed by atoms with E-state index in [0.29, 0.717) is 12.5 Å². The van der Waals surface area contributed by atoms with Gasteiger partial charge < -0.3 is 20.1 Å². The molecule has 0 saturated carbocycles. The molecule has 0 aromatic carbocycles. The average Bonchev–Trinajstić information content (AvgIpc) is 2.63. The van der Waals surface area contributed by atoms with Crippen molar-refractivity contribution in [1.82, 2.24) is 10.2 Å². The largest absolute Gasteiger partial charge is 0.480 e. The Morgan fingerprint density at radius 1 is 1.29 bits per heavy atom. The molecule has 1 unspecified atom stereocenters. The molecule has 1 atom stereocenters. The topological polar surface area (TPSA) is 78.9 Å². The van der Waals surface area contributed by atoms with Gasteiger partial charge in [0.1, 0.15) is 6.61 Å². The van der Waals surface area contributed by atoms with E-state index in [4.69, 9.17) is 9.84 Å². The molecule has 2 amide bonds. The number of carboxylic acids is 1. The minimum absolute atomic E-state index is 0.0801. The first kappa shape index (κ1) is 17.8. The second kappa shape index (κ2) is 8.22. The molecule has 21 heavy (non-hydrogen) atoms. The van der Waals surface area contributed by atoms with Crippen molar-refractivity contribution in [2.75, 3.05) is 32.8 Å². The Labute approximate surface area is 126 Å². The van der Waals surface area contributed by atoms with Crippen LogP contribution in [0.3, 0.4) is 0 Å². The van der Waals surface area contributed by atoms with Crippen LogP contribution >= 0.6 is 0 Å². The normalized spacial score (nSPS) is 20.0. The van der Waals surface area contributed by atoms with Crippen molar-refractivity contribution in [2.24, 2.45) is 11.3 Å². The summed E-state index contributed by atoms with van der Waals surface area (Å²) < 4.78 is 4.89. The molecule has 0 aromatic rings. The maximum atomic E-state index is 12.0. The van der Waals surface area contributed by atoms with E-state index in [1.54, 1.807) is 0 Å². The Morgan fingerprint density at radius 3 is 2.62 bits per heavy atom. The van der Waals surface area contributed by atoms with Crippen LogP contribution < -0.4 is 5.32 Å². The first-order valence-electron chi connectivity index (χ1n) is 7.63. The Kier molecular flexibility index (Phi) is 6.95. The summed E-state index contributed by atoms with van der Waals surface area (Å²) in [5.74, 6) is -0.351. The molecule has 6 heteroatoms. The lowest BCUT2D eigenvalue weighted by molar-refractivity contribution is -0.142. The number of carboxylic acid groups (broad SMARTS) is 1. The van der Waals surface area contributed by atoms with Crippen molar-refractivity contribution in [2.45, 2.75) is 40.0 Å². The molecule has 0 aromatic heterocycles. The van der Waals surface area contributed by atoms with Gasteiger partial charge in [-0.15, -0.1) is 0 Å². The van der Waals surface area contributed by atoms with Crippen LogP contribution in [0.4, 0.5) is 4.79 Å². The van der Waals surface area contributed by atoms with Gasteiger partial charge in [-0.1, -0.05) is 20.8 Å². The van der Waals surface area contributed by atoms with Gasteiger partial charge in [0.05, 0.1) is 6.61 Å². The van der Waals surface area contributed by atoms with E-state index < -0.39 is 5.97 Å². The van der Waals surface area contributed by atoms with Crippen LogP contribution in [0, 0.1) is 11.3 Å². The van der Waals surface area contributed by atoms with Crippen LogP contribution in [-0.4, -0.2) is 54.9 Å². The number of carbonyl (C=O) groups excluding carboxylic acids is 1. The van der Waals surface area contributed by atoms with Gasteiger partial charge in [-0.3, -0.25) is 0 Å². The van der Waals surface area contributed by atoms with Crippen molar-refractivity contribution in [3.63, 3.8) is 0 Å². The third-order valence-corrected chi connectivity index (χ3v) is 3.99. The lowest BCUT2D eigenvalue weighted by Gasteiger charge is -2.29. The van der Waals surface area contributed by atoms with Crippen LogP contribution in [0.2, 0.25) is 0 Å². The summed E-state index contributed by atoms with van der Waals surface area (Å²) in [5.41, 5.74) is 0.289. The molecule has 0 spiro atoms. The SMILES string of the molecule is CC(C)(C)C1CCCN(C(=O)NCCOCC(=O)O)CC1. The number of likely N-dealkylation sites (tertiary alicyclic amines) is 1. The number of amides is 2. The van der Waals surface area contributed by atoms with Crippen LogP contribution in [0.25, 0.3) is 0 Å². The van der Waals surface area contributed by atoms with Gasteiger partial charge in [0.25, 0.3) is 0 Å². The van der Waals surface area contributed by atoms with Crippen molar-refractivity contribution < 1.29 is 19.4 Å². The molecule has 1 aliphatic rings. The maximum Gasteiger partial charge on any atom is 0.329 e. The number of urea groups is 1. The molecule has 0 bridgehead atoms. The summed E-state index contributed by atoms with van der Waals surface area (Å²) in [6.07, 6.45) is 3.23. The third-order valence-electron chi connectivity index (χ3n) is 3.99. The van der Waals surface area contributed by atoms with Gasteiger partial charge in [0, 0.05) is 19.6 Å². The number of nitrogens with zero attached hydrogens (tertiary/aromatic N) is 1. The minimum Gasteiger partial charge on any atom is -0.480 e. The highest BCUT2D eigenvalue weighted by Crippen LogP contribution is 2.34. The summed E-state index contributed by atoms with van der Waals surface area (Å²) in [4.78, 5) is 24.2. The molecular weight excluding hydrogens is 272 g/mol. The quantitative estimate of drug-likeness (QED) is 0.761. The summed E-state index contributed by atoms with van der Waals surface area (Å²) in [7, 11) is 0. The number of rotatable bonds is 5. The molecule has 0 radical (unpaired) electrons. The smallest absolute Gasteiger partial charge is 0.329 e. The van der Waals surface area contributed by atoms with Crippen molar-refractivity contribution in [3.8, 4) is 0 Å². The van der Waals surface area contributed by atoms with Crippen molar-refractivity contribution in [1.29, 1.82) is 0 Å². The summed E-state index contributed by atoms with van der Waals surface area (Å²) in [6.45, 7) is 8.57. The fourth-order valence-electron chi connectivity index (χ4n) is 2.67. The molecule has 1 saturated heterocycles. The fourth-order valence-corrected chi connectivity index (χ4v) is 2.67. The van der Waals surface area contributed by atoms with Crippen LogP contribution in [0.1, 0.15) is 40.0 Å². The molecule has 1 fully saturated rings. The van der Waals surface area contributed by atoms with Gasteiger partial charge >= 0.3 is 12.0 Å². The van der Waals surface area contributed by atoms with E-state index in [1.807, 2.05) is 4.90 Å². The number of hydrogen-bond donors (Lipinski definition) is 2. The van der Waals surface area contributed by atoms with Crippen LogP contribution in [-0.2, 0) is 9.53 Å². The minimum atomic E-state index is -0.998. The zero-order valence-corrected chi connectivity index (χ0v) is 13.4. The first-order chi connectivity index (χ1) is 9.80. The molecule has 1 heterocycles. The third kappa shape index (κ3) is 6.80. The zero-order chi connectivity index (χ0) is 15.9. The van der Waals surface area contributed by atoms with Crippen LogP contribution in [0.5, 0.6) is 0 Å². The second-order valence-electron chi connectivity index (χ2n) is 6.66. The van der Waals surface area contributed by atoms with Crippen molar-refractivity contribution in [3.05, 3.63) is 0 Å². The predicted molar refractivity (Wildman–Crippen MR) is 80.2 cm³/mol. The van der Waals surface area contributed by atoms with Crippen LogP contribution in [0.15, 0.2) is 0 Å². The average molecular weight is 300 g/mol. The van der Waals surface area contributed by atoms with Gasteiger partial charge in [-0.05, 0) is 30.6 Å². The maximum absolute atomic E-state index is 12.0. The molecule has 1 aliphatic heterocycles. The first-order valence-corrected chi connectivity index (χ1v) is 7.63. The molecule has 122 valence electrons.